The fourth-order valence-electron chi connectivity index (χ4n) is 3.89. The molecular formula is C25H17Cl2FN4. The summed E-state index contributed by atoms with van der Waals surface area (Å²) in [5.74, 6) is -0.302. The van der Waals surface area contributed by atoms with Crippen LogP contribution < -0.4 is 0 Å². The number of hydrogen-bond acceptors (Lipinski definition) is 3. The second kappa shape index (κ2) is 8.34. The molecule has 0 fully saturated rings. The van der Waals surface area contributed by atoms with E-state index in [0.29, 0.717) is 16.6 Å². The highest BCUT2D eigenvalue weighted by atomic mass is 35.5. The van der Waals surface area contributed by atoms with Crippen molar-refractivity contribution in [3.05, 3.63) is 89.1 Å². The summed E-state index contributed by atoms with van der Waals surface area (Å²) in [6.07, 6.45) is 5.30. The molecule has 0 bridgehead atoms. The van der Waals surface area contributed by atoms with E-state index in [1.54, 1.807) is 30.6 Å². The fourth-order valence-corrected chi connectivity index (χ4v) is 4.19. The third-order valence-electron chi connectivity index (χ3n) is 5.38. The van der Waals surface area contributed by atoms with Gasteiger partial charge in [0, 0.05) is 41.0 Å². The lowest BCUT2D eigenvalue weighted by Gasteiger charge is -2.17. The number of aromatic nitrogens is 4. The topological polar surface area (TPSA) is 43.6 Å². The molecule has 5 rings (SSSR count). The standard InChI is InChI=1S/C25H17Cl2FN4/c1-2-32-25-19(14-30-32)22(17-5-8-20(26)21(27)13-17)23(15-9-11-29-12-10-15)24(31-25)16-3-6-18(28)7-4-16/h3-14H,2H2,1H3. The van der Waals surface area contributed by atoms with E-state index in [4.69, 9.17) is 28.2 Å². The van der Waals surface area contributed by atoms with Crippen LogP contribution in [0.3, 0.4) is 0 Å². The van der Waals surface area contributed by atoms with E-state index in [1.165, 1.54) is 12.1 Å². The van der Waals surface area contributed by atoms with Crippen LogP contribution in [-0.4, -0.2) is 19.7 Å². The van der Waals surface area contributed by atoms with Crippen LogP contribution in [0.5, 0.6) is 0 Å². The second-order valence-corrected chi connectivity index (χ2v) is 8.09. The van der Waals surface area contributed by atoms with Gasteiger partial charge in [-0.2, -0.15) is 5.10 Å². The Balaban J connectivity index is 1.96. The summed E-state index contributed by atoms with van der Waals surface area (Å²) in [5, 5.41) is 6.38. The Hall–Kier alpha value is -3.28. The van der Waals surface area contributed by atoms with Crippen LogP contribution >= 0.6 is 23.2 Å². The molecule has 0 aliphatic heterocycles. The van der Waals surface area contributed by atoms with Crippen molar-refractivity contribution < 1.29 is 4.39 Å². The summed E-state index contributed by atoms with van der Waals surface area (Å²) in [7, 11) is 0. The van der Waals surface area contributed by atoms with Crippen molar-refractivity contribution in [3.8, 4) is 33.5 Å². The number of nitrogens with zero attached hydrogens (tertiary/aromatic N) is 4. The van der Waals surface area contributed by atoms with E-state index >= 15 is 0 Å². The fraction of sp³-hybridized carbons (Fsp3) is 0.0800. The lowest BCUT2D eigenvalue weighted by molar-refractivity contribution is 0.628. The van der Waals surface area contributed by atoms with E-state index in [-0.39, 0.29) is 5.82 Å². The molecule has 0 amide bonds. The zero-order valence-electron chi connectivity index (χ0n) is 17.1. The summed E-state index contributed by atoms with van der Waals surface area (Å²) in [5.41, 5.74) is 5.90. The number of hydrogen-bond donors (Lipinski definition) is 0. The highest BCUT2D eigenvalue weighted by molar-refractivity contribution is 6.42. The zero-order chi connectivity index (χ0) is 22.2. The van der Waals surface area contributed by atoms with Crippen molar-refractivity contribution >= 4 is 34.2 Å². The molecule has 0 saturated heterocycles. The first kappa shape index (κ1) is 20.6. The summed E-state index contributed by atoms with van der Waals surface area (Å²) in [4.78, 5) is 9.17. The van der Waals surface area contributed by atoms with E-state index in [0.717, 1.165) is 44.5 Å². The second-order valence-electron chi connectivity index (χ2n) is 7.28. The van der Waals surface area contributed by atoms with Crippen molar-refractivity contribution in [3.63, 3.8) is 0 Å². The van der Waals surface area contributed by atoms with E-state index in [2.05, 4.69) is 10.1 Å². The number of rotatable bonds is 4. The predicted octanol–water partition coefficient (Wildman–Crippen LogP) is 7.29. The van der Waals surface area contributed by atoms with Crippen LogP contribution in [0.1, 0.15) is 6.92 Å². The molecule has 32 heavy (non-hydrogen) atoms. The van der Waals surface area contributed by atoms with Crippen molar-refractivity contribution in [2.75, 3.05) is 0 Å². The Morgan fingerprint density at radius 3 is 2.25 bits per heavy atom. The smallest absolute Gasteiger partial charge is 0.159 e. The zero-order valence-corrected chi connectivity index (χ0v) is 18.6. The van der Waals surface area contributed by atoms with Gasteiger partial charge in [0.05, 0.1) is 21.9 Å². The number of pyridine rings is 2. The van der Waals surface area contributed by atoms with Gasteiger partial charge in [-0.3, -0.25) is 4.98 Å². The number of halogens is 3. The quantitative estimate of drug-likeness (QED) is 0.281. The first-order valence-electron chi connectivity index (χ1n) is 10.1. The van der Waals surface area contributed by atoms with E-state index < -0.39 is 0 Å². The Morgan fingerprint density at radius 1 is 0.844 bits per heavy atom. The summed E-state index contributed by atoms with van der Waals surface area (Å²) in [6.45, 7) is 2.68. The minimum Gasteiger partial charge on any atom is -0.265 e. The van der Waals surface area contributed by atoms with Crippen LogP contribution in [0.15, 0.2) is 73.2 Å². The molecule has 0 unspecified atom stereocenters. The molecule has 4 nitrogen and oxygen atoms in total. The third kappa shape index (κ3) is 3.53. The molecular weight excluding hydrogens is 446 g/mol. The first-order chi connectivity index (χ1) is 15.6. The molecule has 0 aliphatic rings. The lowest BCUT2D eigenvalue weighted by atomic mass is 9.89. The summed E-state index contributed by atoms with van der Waals surface area (Å²) < 4.78 is 15.6. The molecule has 0 saturated carbocycles. The van der Waals surface area contributed by atoms with Gasteiger partial charge in [0.25, 0.3) is 0 Å². The average molecular weight is 463 g/mol. The molecule has 0 atom stereocenters. The van der Waals surface area contributed by atoms with Crippen molar-refractivity contribution in [2.24, 2.45) is 0 Å². The molecule has 2 aromatic carbocycles. The third-order valence-corrected chi connectivity index (χ3v) is 6.12. The minimum absolute atomic E-state index is 0.302. The van der Waals surface area contributed by atoms with Gasteiger partial charge < -0.3 is 0 Å². The lowest BCUT2D eigenvalue weighted by Crippen LogP contribution is -2.01. The van der Waals surface area contributed by atoms with Gasteiger partial charge in [-0.05, 0) is 66.6 Å². The van der Waals surface area contributed by atoms with Crippen LogP contribution in [-0.2, 0) is 6.54 Å². The van der Waals surface area contributed by atoms with Gasteiger partial charge in [0.2, 0.25) is 0 Å². The molecule has 3 heterocycles. The molecule has 0 N–H and O–H groups in total. The Morgan fingerprint density at radius 2 is 1.56 bits per heavy atom. The number of aryl methyl sites for hydroxylation is 1. The molecule has 0 aliphatic carbocycles. The maximum atomic E-state index is 13.7. The van der Waals surface area contributed by atoms with Gasteiger partial charge in [-0.15, -0.1) is 0 Å². The maximum absolute atomic E-state index is 13.7. The number of fused-ring (bicyclic) bond motifs is 1. The Kier molecular flexibility index (Phi) is 5.37. The average Bonchev–Trinajstić information content (AvgIpc) is 3.23. The number of benzene rings is 2. The van der Waals surface area contributed by atoms with Crippen LogP contribution in [0, 0.1) is 5.82 Å². The largest absolute Gasteiger partial charge is 0.265 e. The molecule has 0 spiro atoms. The monoisotopic (exact) mass is 462 g/mol. The van der Waals surface area contributed by atoms with E-state index in [9.17, 15) is 4.39 Å². The molecule has 3 aromatic heterocycles. The Bertz CT molecular complexity index is 1430. The first-order valence-corrected chi connectivity index (χ1v) is 10.8. The van der Waals surface area contributed by atoms with Gasteiger partial charge in [-0.25, -0.2) is 14.1 Å². The summed E-state index contributed by atoms with van der Waals surface area (Å²) >= 11 is 12.6. The minimum atomic E-state index is -0.302. The van der Waals surface area contributed by atoms with Crippen LogP contribution in [0.4, 0.5) is 4.39 Å². The van der Waals surface area contributed by atoms with Crippen LogP contribution in [0.25, 0.3) is 44.5 Å². The van der Waals surface area contributed by atoms with Crippen LogP contribution in [0.2, 0.25) is 10.0 Å². The normalized spacial score (nSPS) is 11.2. The molecule has 0 radical (unpaired) electrons. The molecule has 158 valence electrons. The van der Waals surface area contributed by atoms with Gasteiger partial charge in [0.15, 0.2) is 5.65 Å². The van der Waals surface area contributed by atoms with Crippen molar-refractivity contribution in [1.82, 2.24) is 19.7 Å². The summed E-state index contributed by atoms with van der Waals surface area (Å²) in [6, 6.07) is 15.8. The molecule has 5 aromatic rings. The maximum Gasteiger partial charge on any atom is 0.159 e. The highest BCUT2D eigenvalue weighted by Gasteiger charge is 2.22. The van der Waals surface area contributed by atoms with Gasteiger partial charge in [0.1, 0.15) is 5.82 Å². The van der Waals surface area contributed by atoms with Gasteiger partial charge >= 0.3 is 0 Å². The highest BCUT2D eigenvalue weighted by Crippen LogP contribution is 2.44. The SMILES string of the molecule is CCn1ncc2c(-c3ccc(Cl)c(Cl)c3)c(-c3ccncc3)c(-c3ccc(F)cc3)nc21. The van der Waals surface area contributed by atoms with Crippen molar-refractivity contribution in [1.29, 1.82) is 0 Å². The molecule has 7 heteroatoms. The van der Waals surface area contributed by atoms with E-state index in [1.807, 2.05) is 42.1 Å². The Labute approximate surface area is 194 Å². The van der Waals surface area contributed by atoms with Gasteiger partial charge in [-0.1, -0.05) is 29.3 Å². The predicted molar refractivity (Wildman–Crippen MR) is 127 cm³/mol. The van der Waals surface area contributed by atoms with Crippen molar-refractivity contribution in [2.45, 2.75) is 13.5 Å².